The standard InChI is InChI=1S/C4H5IN2O/c5-3-7-2-4(8)1-6-7/h1-2,8H,3H2. The number of hydrogen-bond donors (Lipinski definition) is 1. The first kappa shape index (κ1) is 5.87. The second-order valence-electron chi connectivity index (χ2n) is 1.36. The normalized spacial score (nSPS) is 9.62. The largest absolute Gasteiger partial charge is 0.505 e. The van der Waals surface area contributed by atoms with Crippen LogP contribution in [0.5, 0.6) is 5.75 Å². The Morgan fingerprint density at radius 3 is 2.88 bits per heavy atom. The summed E-state index contributed by atoms with van der Waals surface area (Å²) in [7, 11) is 0. The average Bonchev–Trinajstić information content (AvgIpc) is 2.14. The van der Waals surface area contributed by atoms with E-state index >= 15 is 0 Å². The molecule has 1 rings (SSSR count). The van der Waals surface area contributed by atoms with E-state index in [2.05, 4.69) is 27.7 Å². The molecular weight excluding hydrogens is 219 g/mol. The van der Waals surface area contributed by atoms with Crippen molar-refractivity contribution in [3.8, 4) is 5.75 Å². The molecule has 8 heavy (non-hydrogen) atoms. The maximum absolute atomic E-state index is 8.70. The van der Waals surface area contributed by atoms with Crippen LogP contribution in [0.25, 0.3) is 0 Å². The Morgan fingerprint density at radius 1 is 1.88 bits per heavy atom. The van der Waals surface area contributed by atoms with E-state index in [4.69, 9.17) is 5.11 Å². The maximum atomic E-state index is 8.70. The van der Waals surface area contributed by atoms with Crippen LogP contribution in [0.1, 0.15) is 0 Å². The van der Waals surface area contributed by atoms with Crippen LogP contribution in [-0.4, -0.2) is 14.9 Å². The van der Waals surface area contributed by atoms with E-state index in [1.165, 1.54) is 6.20 Å². The van der Waals surface area contributed by atoms with Crippen LogP contribution in [0.15, 0.2) is 12.4 Å². The molecule has 0 aromatic carbocycles. The van der Waals surface area contributed by atoms with Crippen LogP contribution >= 0.6 is 22.6 Å². The van der Waals surface area contributed by atoms with Crippen molar-refractivity contribution in [2.45, 2.75) is 4.55 Å². The lowest BCUT2D eigenvalue weighted by Crippen LogP contribution is -1.88. The van der Waals surface area contributed by atoms with Crippen molar-refractivity contribution < 1.29 is 5.11 Å². The molecule has 0 aliphatic carbocycles. The number of nitrogens with zero attached hydrogens (tertiary/aromatic N) is 2. The van der Waals surface area contributed by atoms with Gasteiger partial charge in [0.05, 0.1) is 16.9 Å². The van der Waals surface area contributed by atoms with Gasteiger partial charge in [0.15, 0.2) is 5.75 Å². The van der Waals surface area contributed by atoms with Crippen LogP contribution < -0.4 is 0 Å². The SMILES string of the molecule is Oc1cnn(CI)c1. The Balaban J connectivity index is 2.84. The zero-order chi connectivity index (χ0) is 5.98. The molecule has 0 aliphatic heterocycles. The summed E-state index contributed by atoms with van der Waals surface area (Å²) in [5, 5.41) is 12.5. The first-order valence-electron chi connectivity index (χ1n) is 2.10. The molecule has 1 aromatic rings. The minimum absolute atomic E-state index is 0.224. The molecule has 1 aromatic heterocycles. The highest BCUT2D eigenvalue weighted by molar-refractivity contribution is 14.1. The van der Waals surface area contributed by atoms with Gasteiger partial charge in [0.2, 0.25) is 0 Å². The van der Waals surface area contributed by atoms with Gasteiger partial charge in [-0.2, -0.15) is 5.10 Å². The predicted molar refractivity (Wildman–Crippen MR) is 37.9 cm³/mol. The van der Waals surface area contributed by atoms with E-state index in [0.717, 1.165) is 4.55 Å². The van der Waals surface area contributed by atoms with Crippen LogP contribution in [0.2, 0.25) is 0 Å². The maximum Gasteiger partial charge on any atom is 0.153 e. The van der Waals surface area contributed by atoms with Gasteiger partial charge in [0.1, 0.15) is 0 Å². The summed E-state index contributed by atoms with van der Waals surface area (Å²) in [5.74, 6) is 0.224. The summed E-state index contributed by atoms with van der Waals surface area (Å²) in [5.41, 5.74) is 0. The number of aromatic nitrogens is 2. The Kier molecular flexibility index (Phi) is 1.72. The summed E-state index contributed by atoms with van der Waals surface area (Å²) in [6.07, 6.45) is 2.99. The average molecular weight is 224 g/mol. The fourth-order valence-corrected chi connectivity index (χ4v) is 0.791. The summed E-state index contributed by atoms with van der Waals surface area (Å²) in [6, 6.07) is 0. The third kappa shape index (κ3) is 1.12. The highest BCUT2D eigenvalue weighted by atomic mass is 127. The first-order chi connectivity index (χ1) is 3.83. The van der Waals surface area contributed by atoms with Gasteiger partial charge in [-0.25, -0.2) is 0 Å². The molecule has 0 unspecified atom stereocenters. The topological polar surface area (TPSA) is 38.1 Å². The number of halogens is 1. The Labute approximate surface area is 60.5 Å². The van der Waals surface area contributed by atoms with Crippen LogP contribution in [-0.2, 0) is 4.55 Å². The number of alkyl halides is 1. The van der Waals surface area contributed by atoms with Crippen LogP contribution in [0.4, 0.5) is 0 Å². The minimum atomic E-state index is 0.224. The smallest absolute Gasteiger partial charge is 0.153 e. The van der Waals surface area contributed by atoms with Crippen molar-refractivity contribution in [2.75, 3.05) is 0 Å². The number of hydrogen-bond acceptors (Lipinski definition) is 2. The lowest BCUT2D eigenvalue weighted by Gasteiger charge is -1.86. The van der Waals surface area contributed by atoms with E-state index in [1.54, 1.807) is 10.9 Å². The van der Waals surface area contributed by atoms with Gasteiger partial charge in [0, 0.05) is 0 Å². The molecule has 0 saturated carbocycles. The van der Waals surface area contributed by atoms with Crippen molar-refractivity contribution in [3.63, 3.8) is 0 Å². The molecule has 0 amide bonds. The van der Waals surface area contributed by atoms with Gasteiger partial charge in [0.25, 0.3) is 0 Å². The van der Waals surface area contributed by atoms with Crippen molar-refractivity contribution in [1.82, 2.24) is 9.78 Å². The fourth-order valence-electron chi connectivity index (χ4n) is 0.418. The summed E-state index contributed by atoms with van der Waals surface area (Å²) in [6.45, 7) is 0. The molecule has 0 saturated heterocycles. The third-order valence-corrected chi connectivity index (χ3v) is 1.44. The quantitative estimate of drug-likeness (QED) is 0.570. The van der Waals surface area contributed by atoms with Crippen LogP contribution in [0, 0.1) is 0 Å². The Morgan fingerprint density at radius 2 is 2.62 bits per heavy atom. The molecule has 0 radical (unpaired) electrons. The predicted octanol–water partition coefficient (Wildman–Crippen LogP) is 0.981. The van der Waals surface area contributed by atoms with E-state index in [0.29, 0.717) is 0 Å². The van der Waals surface area contributed by atoms with Gasteiger partial charge in [-0.3, -0.25) is 4.68 Å². The lowest BCUT2D eigenvalue weighted by atomic mass is 10.7. The monoisotopic (exact) mass is 224 g/mol. The fraction of sp³-hybridized carbons (Fsp3) is 0.250. The number of aromatic hydroxyl groups is 1. The van der Waals surface area contributed by atoms with E-state index in [-0.39, 0.29) is 5.75 Å². The van der Waals surface area contributed by atoms with Crippen molar-refractivity contribution in [3.05, 3.63) is 12.4 Å². The molecule has 0 aliphatic rings. The highest BCUT2D eigenvalue weighted by Crippen LogP contribution is 2.04. The summed E-state index contributed by atoms with van der Waals surface area (Å²) >= 11 is 2.16. The molecule has 4 heteroatoms. The molecule has 1 heterocycles. The molecule has 44 valence electrons. The van der Waals surface area contributed by atoms with Gasteiger partial charge >= 0.3 is 0 Å². The molecular formula is C4H5IN2O. The zero-order valence-corrected chi connectivity index (χ0v) is 6.24. The summed E-state index contributed by atoms with van der Waals surface area (Å²) < 4.78 is 2.42. The van der Waals surface area contributed by atoms with Gasteiger partial charge in [-0.05, 0) is 0 Å². The van der Waals surface area contributed by atoms with Gasteiger partial charge in [-0.1, -0.05) is 22.6 Å². The van der Waals surface area contributed by atoms with Gasteiger partial charge in [-0.15, -0.1) is 0 Å². The Hall–Kier alpha value is -0.260. The second-order valence-corrected chi connectivity index (χ2v) is 2.04. The van der Waals surface area contributed by atoms with E-state index in [1.807, 2.05) is 0 Å². The first-order valence-corrected chi connectivity index (χ1v) is 3.63. The number of rotatable bonds is 1. The van der Waals surface area contributed by atoms with E-state index in [9.17, 15) is 0 Å². The van der Waals surface area contributed by atoms with Crippen molar-refractivity contribution in [2.24, 2.45) is 0 Å². The van der Waals surface area contributed by atoms with Gasteiger partial charge < -0.3 is 5.11 Å². The highest BCUT2D eigenvalue weighted by Gasteiger charge is 1.89. The van der Waals surface area contributed by atoms with Crippen molar-refractivity contribution >= 4 is 22.6 Å². The van der Waals surface area contributed by atoms with Crippen molar-refractivity contribution in [1.29, 1.82) is 0 Å². The Bertz CT molecular complexity index is 174. The summed E-state index contributed by atoms with van der Waals surface area (Å²) in [4.78, 5) is 0. The molecule has 3 nitrogen and oxygen atoms in total. The zero-order valence-electron chi connectivity index (χ0n) is 4.08. The molecule has 0 spiro atoms. The molecule has 0 atom stereocenters. The molecule has 0 fully saturated rings. The van der Waals surface area contributed by atoms with Crippen LogP contribution in [0.3, 0.4) is 0 Å². The lowest BCUT2D eigenvalue weighted by molar-refractivity contribution is 0.474. The molecule has 0 bridgehead atoms. The van der Waals surface area contributed by atoms with E-state index < -0.39 is 0 Å². The minimum Gasteiger partial charge on any atom is -0.505 e. The second kappa shape index (κ2) is 2.34. The third-order valence-electron chi connectivity index (χ3n) is 0.742. The molecule has 1 N–H and O–H groups in total.